The van der Waals surface area contributed by atoms with Crippen molar-refractivity contribution in [3.05, 3.63) is 112 Å². The number of non-ortho nitro benzene ring substituents is 1. The molecule has 0 aliphatic carbocycles. The van der Waals surface area contributed by atoms with E-state index in [-0.39, 0.29) is 18.0 Å². The van der Waals surface area contributed by atoms with Gasteiger partial charge in [-0.2, -0.15) is 5.26 Å². The summed E-state index contributed by atoms with van der Waals surface area (Å²) in [7, 11) is 0. The third kappa shape index (κ3) is 6.23. The number of nitro benzene ring substituents is 1. The Hall–Kier alpha value is -4.85. The zero-order chi connectivity index (χ0) is 27.9. The Morgan fingerprint density at radius 2 is 1.62 bits per heavy atom. The number of carbonyl (C=O) groups excluding carboxylic acids is 1. The standard InChI is InChI=1S/C30H21N5O3S2/c31-18-25-24(20-8-3-1-4-9-20)17-26(21-10-5-2-6-11-21)32-29(25)39-15-14-28(36)34-30-33-27(19-40-30)22-12-7-13-23(16-22)35(37)38/h1-13,16-17,19H,14-15H2,(H,33,34,36). The van der Waals surface area contributed by atoms with Crippen LogP contribution < -0.4 is 5.32 Å². The minimum atomic E-state index is -0.457. The third-order valence-corrected chi connectivity index (χ3v) is 7.66. The zero-order valence-corrected chi connectivity index (χ0v) is 22.6. The van der Waals surface area contributed by atoms with Gasteiger partial charge in [-0.25, -0.2) is 9.97 Å². The summed E-state index contributed by atoms with van der Waals surface area (Å²) >= 11 is 2.61. The predicted molar refractivity (Wildman–Crippen MR) is 158 cm³/mol. The van der Waals surface area contributed by atoms with Gasteiger partial charge >= 0.3 is 0 Å². The lowest BCUT2D eigenvalue weighted by molar-refractivity contribution is -0.384. The second-order valence-corrected chi connectivity index (χ2v) is 10.5. The zero-order valence-electron chi connectivity index (χ0n) is 21.0. The largest absolute Gasteiger partial charge is 0.302 e. The molecule has 10 heteroatoms. The van der Waals surface area contributed by atoms with E-state index in [9.17, 15) is 20.2 Å². The number of pyridine rings is 1. The quantitative estimate of drug-likeness (QED) is 0.112. The van der Waals surface area contributed by atoms with E-state index in [4.69, 9.17) is 4.98 Å². The maximum Gasteiger partial charge on any atom is 0.270 e. The van der Waals surface area contributed by atoms with Crippen LogP contribution in [0.4, 0.5) is 10.8 Å². The number of nitriles is 1. The Balaban J connectivity index is 1.30. The second kappa shape index (κ2) is 12.3. The molecule has 196 valence electrons. The number of benzene rings is 3. The van der Waals surface area contributed by atoms with Crippen LogP contribution >= 0.6 is 23.1 Å². The van der Waals surface area contributed by atoms with Gasteiger partial charge in [-0.15, -0.1) is 23.1 Å². The van der Waals surface area contributed by atoms with E-state index >= 15 is 0 Å². The number of nitro groups is 1. The summed E-state index contributed by atoms with van der Waals surface area (Å²) in [6, 6.07) is 29.9. The van der Waals surface area contributed by atoms with Crippen molar-refractivity contribution in [3.63, 3.8) is 0 Å². The molecule has 2 heterocycles. The number of nitrogens with zero attached hydrogens (tertiary/aromatic N) is 4. The van der Waals surface area contributed by atoms with Crippen molar-refractivity contribution in [1.82, 2.24) is 9.97 Å². The molecule has 8 nitrogen and oxygen atoms in total. The van der Waals surface area contributed by atoms with E-state index in [0.29, 0.717) is 32.7 Å². The fourth-order valence-electron chi connectivity index (χ4n) is 4.00. The number of hydrogen-bond acceptors (Lipinski definition) is 8. The van der Waals surface area contributed by atoms with Crippen molar-refractivity contribution < 1.29 is 9.72 Å². The summed E-state index contributed by atoms with van der Waals surface area (Å²) in [6.45, 7) is 0. The van der Waals surface area contributed by atoms with Crippen LogP contribution in [-0.4, -0.2) is 26.6 Å². The van der Waals surface area contributed by atoms with Crippen LogP contribution in [0.2, 0.25) is 0 Å². The average molecular weight is 564 g/mol. The summed E-state index contributed by atoms with van der Waals surface area (Å²) < 4.78 is 0. The van der Waals surface area contributed by atoms with Gasteiger partial charge in [0.2, 0.25) is 5.91 Å². The van der Waals surface area contributed by atoms with Crippen molar-refractivity contribution in [2.24, 2.45) is 0 Å². The summed E-state index contributed by atoms with van der Waals surface area (Å²) in [4.78, 5) is 32.5. The van der Waals surface area contributed by atoms with Crippen LogP contribution in [0.3, 0.4) is 0 Å². The van der Waals surface area contributed by atoms with Gasteiger partial charge in [0.1, 0.15) is 11.1 Å². The Kier molecular flexibility index (Phi) is 8.25. The van der Waals surface area contributed by atoms with Gasteiger partial charge < -0.3 is 5.32 Å². The first-order valence-electron chi connectivity index (χ1n) is 12.2. The summed E-state index contributed by atoms with van der Waals surface area (Å²) in [5, 5.41) is 26.6. The SMILES string of the molecule is N#Cc1c(-c2ccccc2)cc(-c2ccccc2)nc1SCCC(=O)Nc1nc(-c2cccc([N+](=O)[O-])c2)cs1. The van der Waals surface area contributed by atoms with Gasteiger partial charge in [-0.1, -0.05) is 72.8 Å². The topological polar surface area (TPSA) is 122 Å². The molecule has 2 aromatic heterocycles. The van der Waals surface area contributed by atoms with E-state index < -0.39 is 4.92 Å². The minimum Gasteiger partial charge on any atom is -0.302 e. The number of aromatic nitrogens is 2. The highest BCUT2D eigenvalue weighted by atomic mass is 32.2. The highest BCUT2D eigenvalue weighted by Crippen LogP contribution is 2.34. The number of amides is 1. The number of hydrogen-bond donors (Lipinski definition) is 1. The number of thioether (sulfide) groups is 1. The van der Waals surface area contributed by atoms with Gasteiger partial charge in [0.05, 0.1) is 21.9 Å². The van der Waals surface area contributed by atoms with Crippen LogP contribution in [0.15, 0.2) is 101 Å². The predicted octanol–water partition coefficient (Wildman–Crippen LogP) is 7.44. The lowest BCUT2D eigenvalue weighted by atomic mass is 9.99. The highest BCUT2D eigenvalue weighted by Gasteiger charge is 2.17. The molecule has 5 aromatic rings. The molecule has 1 amide bonds. The van der Waals surface area contributed by atoms with Gasteiger partial charge in [0.25, 0.3) is 5.69 Å². The van der Waals surface area contributed by atoms with Crippen molar-refractivity contribution in [2.45, 2.75) is 11.4 Å². The molecule has 0 saturated carbocycles. The first-order chi connectivity index (χ1) is 19.5. The fourth-order valence-corrected chi connectivity index (χ4v) is 5.68. The molecule has 0 aliphatic heterocycles. The smallest absolute Gasteiger partial charge is 0.270 e. The lowest BCUT2D eigenvalue weighted by Gasteiger charge is -2.12. The first kappa shape index (κ1) is 26.7. The maximum atomic E-state index is 12.7. The monoisotopic (exact) mass is 563 g/mol. The van der Waals surface area contributed by atoms with Crippen LogP contribution in [0.25, 0.3) is 33.6 Å². The summed E-state index contributed by atoms with van der Waals surface area (Å²) in [5.41, 5.74) is 5.00. The third-order valence-electron chi connectivity index (χ3n) is 5.92. The summed E-state index contributed by atoms with van der Waals surface area (Å²) in [5.74, 6) is 0.178. The summed E-state index contributed by atoms with van der Waals surface area (Å²) in [6.07, 6.45) is 0.180. The second-order valence-electron chi connectivity index (χ2n) is 8.57. The van der Waals surface area contributed by atoms with Crippen LogP contribution in [0.5, 0.6) is 0 Å². The number of rotatable bonds is 9. The van der Waals surface area contributed by atoms with E-state index in [1.54, 1.807) is 17.5 Å². The molecule has 3 aromatic carbocycles. The minimum absolute atomic E-state index is 0.0230. The van der Waals surface area contributed by atoms with Gasteiger partial charge in [0.15, 0.2) is 5.13 Å². The number of thiazole rings is 1. The number of carbonyl (C=O) groups is 1. The Labute approximate surface area is 238 Å². The maximum absolute atomic E-state index is 12.7. The van der Waals surface area contributed by atoms with Crippen molar-refractivity contribution in [1.29, 1.82) is 5.26 Å². The highest BCUT2D eigenvalue weighted by molar-refractivity contribution is 7.99. The normalized spacial score (nSPS) is 10.6. The number of anilines is 1. The van der Waals surface area contributed by atoms with E-state index in [1.165, 1.54) is 35.2 Å². The Morgan fingerprint density at radius 3 is 2.33 bits per heavy atom. The van der Waals surface area contributed by atoms with Crippen molar-refractivity contribution >= 4 is 39.8 Å². The van der Waals surface area contributed by atoms with E-state index in [1.807, 2.05) is 66.7 Å². The van der Waals surface area contributed by atoms with Crippen LogP contribution in [0.1, 0.15) is 12.0 Å². The molecular weight excluding hydrogens is 542 g/mol. The van der Waals surface area contributed by atoms with Crippen LogP contribution in [0, 0.1) is 21.4 Å². The molecule has 0 radical (unpaired) electrons. The molecular formula is C30H21N5O3S2. The Morgan fingerprint density at radius 1 is 0.925 bits per heavy atom. The lowest BCUT2D eigenvalue weighted by Crippen LogP contribution is -2.12. The van der Waals surface area contributed by atoms with Crippen molar-refractivity contribution in [2.75, 3.05) is 11.1 Å². The molecule has 0 saturated heterocycles. The van der Waals surface area contributed by atoms with E-state index in [2.05, 4.69) is 16.4 Å². The fraction of sp³-hybridized carbons (Fsp3) is 0.0667. The average Bonchev–Trinajstić information content (AvgIpc) is 3.46. The molecule has 0 fully saturated rings. The molecule has 0 spiro atoms. The van der Waals surface area contributed by atoms with Gasteiger partial charge in [-0.3, -0.25) is 14.9 Å². The van der Waals surface area contributed by atoms with Crippen LogP contribution in [-0.2, 0) is 4.79 Å². The molecule has 1 N–H and O–H groups in total. The molecule has 40 heavy (non-hydrogen) atoms. The number of nitrogens with one attached hydrogen (secondary N) is 1. The van der Waals surface area contributed by atoms with Gasteiger partial charge in [-0.05, 0) is 11.6 Å². The Bertz CT molecular complexity index is 1720. The molecule has 0 aliphatic rings. The molecule has 0 unspecified atom stereocenters. The van der Waals surface area contributed by atoms with Gasteiger partial charge in [0, 0.05) is 46.4 Å². The molecule has 0 atom stereocenters. The molecule has 0 bridgehead atoms. The van der Waals surface area contributed by atoms with E-state index in [0.717, 1.165) is 22.4 Å². The van der Waals surface area contributed by atoms with Crippen molar-refractivity contribution in [3.8, 4) is 39.7 Å². The molecule has 5 rings (SSSR count). The first-order valence-corrected chi connectivity index (χ1v) is 14.1.